The molecule has 1 heterocycles. The molecule has 41 heavy (non-hydrogen) atoms. The maximum absolute atomic E-state index is 7.05. The fraction of sp³-hybridized carbons (Fsp3) is 0.211. The number of fused-ring (bicyclic) bond motifs is 3. The van der Waals surface area contributed by atoms with Crippen molar-refractivity contribution in [1.29, 1.82) is 0 Å². The molecule has 0 saturated carbocycles. The second kappa shape index (κ2) is 10.8. The van der Waals surface area contributed by atoms with Gasteiger partial charge in [0.1, 0.15) is 22.7 Å². The standard InChI is InChI=1S/C38H37NO2/c1-5-37(3,28-17-9-7-10-18-28)41-36-26-25-29(38(4,6-2)40-30-19-11-8-12-20-30)27-35(36)39-33-23-15-13-21-31(33)32-22-14-16-24-34(32)39/h7-27H,5-6H2,1-4H3. The first-order chi connectivity index (χ1) is 20.0. The molecule has 0 saturated heterocycles. The van der Waals surface area contributed by atoms with Crippen molar-refractivity contribution < 1.29 is 9.47 Å². The van der Waals surface area contributed by atoms with Gasteiger partial charge in [0.05, 0.1) is 16.7 Å². The van der Waals surface area contributed by atoms with Gasteiger partial charge in [0.25, 0.3) is 0 Å². The van der Waals surface area contributed by atoms with Crippen molar-refractivity contribution in [3.05, 3.63) is 139 Å². The van der Waals surface area contributed by atoms with E-state index in [9.17, 15) is 0 Å². The van der Waals surface area contributed by atoms with Crippen molar-refractivity contribution in [3.8, 4) is 17.2 Å². The minimum atomic E-state index is -0.527. The Morgan fingerprint density at radius 3 is 1.63 bits per heavy atom. The highest BCUT2D eigenvalue weighted by atomic mass is 16.5. The van der Waals surface area contributed by atoms with Crippen molar-refractivity contribution in [2.45, 2.75) is 51.7 Å². The Morgan fingerprint density at radius 2 is 1.05 bits per heavy atom. The predicted molar refractivity (Wildman–Crippen MR) is 170 cm³/mol. The van der Waals surface area contributed by atoms with Crippen molar-refractivity contribution in [3.63, 3.8) is 0 Å². The van der Waals surface area contributed by atoms with Gasteiger partial charge in [-0.15, -0.1) is 0 Å². The number of ether oxygens (including phenoxy) is 2. The van der Waals surface area contributed by atoms with Gasteiger partial charge in [0.2, 0.25) is 0 Å². The van der Waals surface area contributed by atoms with E-state index in [4.69, 9.17) is 9.47 Å². The Balaban J connectivity index is 1.58. The van der Waals surface area contributed by atoms with Crippen LogP contribution in [-0.2, 0) is 11.2 Å². The minimum absolute atomic E-state index is 0.495. The zero-order chi connectivity index (χ0) is 28.5. The van der Waals surface area contributed by atoms with Crippen LogP contribution < -0.4 is 9.47 Å². The van der Waals surface area contributed by atoms with Crippen LogP contribution in [0, 0.1) is 0 Å². The molecular weight excluding hydrogens is 502 g/mol. The Kier molecular flexibility index (Phi) is 7.05. The third-order valence-electron chi connectivity index (χ3n) is 8.55. The highest BCUT2D eigenvalue weighted by molar-refractivity contribution is 6.09. The van der Waals surface area contributed by atoms with E-state index in [2.05, 4.69) is 129 Å². The number of hydrogen-bond acceptors (Lipinski definition) is 2. The van der Waals surface area contributed by atoms with Gasteiger partial charge in [-0.2, -0.15) is 0 Å². The summed E-state index contributed by atoms with van der Waals surface area (Å²) in [6, 6.07) is 44.4. The van der Waals surface area contributed by atoms with E-state index >= 15 is 0 Å². The molecule has 0 aliphatic heterocycles. The number of aromatic nitrogens is 1. The smallest absolute Gasteiger partial charge is 0.144 e. The van der Waals surface area contributed by atoms with Crippen LogP contribution in [0.4, 0.5) is 0 Å². The van der Waals surface area contributed by atoms with Crippen LogP contribution in [0.1, 0.15) is 51.7 Å². The number of nitrogens with zero attached hydrogens (tertiary/aromatic N) is 1. The lowest BCUT2D eigenvalue weighted by atomic mass is 9.91. The van der Waals surface area contributed by atoms with Crippen LogP contribution in [0.25, 0.3) is 27.5 Å². The second-order valence-corrected chi connectivity index (χ2v) is 11.1. The zero-order valence-corrected chi connectivity index (χ0v) is 24.3. The van der Waals surface area contributed by atoms with Crippen molar-refractivity contribution >= 4 is 21.8 Å². The molecule has 6 aromatic rings. The summed E-state index contributed by atoms with van der Waals surface area (Å²) in [6.07, 6.45) is 1.64. The molecule has 2 unspecified atom stereocenters. The van der Waals surface area contributed by atoms with Crippen LogP contribution in [0.2, 0.25) is 0 Å². The lowest BCUT2D eigenvalue weighted by Gasteiger charge is -2.34. The molecule has 3 nitrogen and oxygen atoms in total. The topological polar surface area (TPSA) is 23.4 Å². The molecule has 0 N–H and O–H groups in total. The molecule has 0 aliphatic rings. The summed E-state index contributed by atoms with van der Waals surface area (Å²) in [5.41, 5.74) is 4.54. The summed E-state index contributed by atoms with van der Waals surface area (Å²) in [5.74, 6) is 1.70. The first-order valence-electron chi connectivity index (χ1n) is 14.6. The molecule has 1 aromatic heterocycles. The average Bonchev–Trinajstić information content (AvgIpc) is 3.36. The Morgan fingerprint density at radius 1 is 0.537 bits per heavy atom. The van der Waals surface area contributed by atoms with Gasteiger partial charge < -0.3 is 14.0 Å². The van der Waals surface area contributed by atoms with Crippen LogP contribution in [-0.4, -0.2) is 4.57 Å². The molecule has 0 spiro atoms. The van der Waals surface area contributed by atoms with Gasteiger partial charge in [-0.3, -0.25) is 0 Å². The van der Waals surface area contributed by atoms with E-state index in [0.717, 1.165) is 52.2 Å². The van der Waals surface area contributed by atoms with E-state index in [1.165, 1.54) is 10.8 Å². The summed E-state index contributed by atoms with van der Waals surface area (Å²) in [4.78, 5) is 0. The molecule has 0 radical (unpaired) electrons. The van der Waals surface area contributed by atoms with Crippen molar-refractivity contribution in [2.24, 2.45) is 0 Å². The van der Waals surface area contributed by atoms with Gasteiger partial charge in [0, 0.05) is 10.8 Å². The van der Waals surface area contributed by atoms with Crippen LogP contribution in [0.3, 0.4) is 0 Å². The lowest BCUT2D eigenvalue weighted by Crippen LogP contribution is -2.30. The molecule has 0 bridgehead atoms. The average molecular weight is 540 g/mol. The minimum Gasteiger partial charge on any atom is -0.483 e. The highest BCUT2D eigenvalue weighted by Crippen LogP contribution is 2.42. The monoisotopic (exact) mass is 539 g/mol. The summed E-state index contributed by atoms with van der Waals surface area (Å²) >= 11 is 0. The van der Waals surface area contributed by atoms with Crippen molar-refractivity contribution in [2.75, 3.05) is 0 Å². The van der Waals surface area contributed by atoms with Gasteiger partial charge in [-0.1, -0.05) is 105 Å². The Hall–Kier alpha value is -4.50. The first-order valence-corrected chi connectivity index (χ1v) is 14.6. The molecule has 5 aromatic carbocycles. The van der Waals surface area contributed by atoms with E-state index in [1.807, 2.05) is 30.3 Å². The van der Waals surface area contributed by atoms with Gasteiger partial charge in [-0.05, 0) is 74.2 Å². The predicted octanol–water partition coefficient (Wildman–Crippen LogP) is 10.2. The third-order valence-corrected chi connectivity index (χ3v) is 8.55. The molecule has 0 aliphatic carbocycles. The van der Waals surface area contributed by atoms with E-state index in [-0.39, 0.29) is 0 Å². The molecule has 0 fully saturated rings. The number of hydrogen-bond donors (Lipinski definition) is 0. The van der Waals surface area contributed by atoms with E-state index in [1.54, 1.807) is 0 Å². The number of benzene rings is 5. The summed E-state index contributed by atoms with van der Waals surface area (Å²) in [5, 5.41) is 2.44. The number of para-hydroxylation sites is 3. The zero-order valence-electron chi connectivity index (χ0n) is 24.3. The largest absolute Gasteiger partial charge is 0.483 e. The molecule has 2 atom stereocenters. The van der Waals surface area contributed by atoms with E-state index in [0.29, 0.717) is 0 Å². The fourth-order valence-corrected chi connectivity index (χ4v) is 5.74. The maximum Gasteiger partial charge on any atom is 0.144 e. The maximum atomic E-state index is 7.05. The van der Waals surface area contributed by atoms with Crippen LogP contribution in [0.5, 0.6) is 11.5 Å². The van der Waals surface area contributed by atoms with Crippen LogP contribution in [0.15, 0.2) is 127 Å². The first kappa shape index (κ1) is 26.7. The highest BCUT2D eigenvalue weighted by Gasteiger charge is 2.32. The van der Waals surface area contributed by atoms with Gasteiger partial charge in [-0.25, -0.2) is 0 Å². The summed E-state index contributed by atoms with van der Waals surface area (Å²) in [7, 11) is 0. The van der Waals surface area contributed by atoms with Crippen LogP contribution >= 0.6 is 0 Å². The quantitative estimate of drug-likeness (QED) is 0.182. The van der Waals surface area contributed by atoms with Crippen molar-refractivity contribution in [1.82, 2.24) is 4.57 Å². The Labute approximate surface area is 243 Å². The number of rotatable bonds is 9. The fourth-order valence-electron chi connectivity index (χ4n) is 5.74. The van der Waals surface area contributed by atoms with Gasteiger partial charge in [0.15, 0.2) is 0 Å². The lowest BCUT2D eigenvalue weighted by molar-refractivity contribution is 0.0787. The second-order valence-electron chi connectivity index (χ2n) is 11.1. The molecule has 6 rings (SSSR count). The normalized spacial score (nSPS) is 14.4. The molecule has 206 valence electrons. The summed E-state index contributed by atoms with van der Waals surface area (Å²) < 4.78 is 16.1. The molecule has 3 heteroatoms. The summed E-state index contributed by atoms with van der Waals surface area (Å²) in [6.45, 7) is 8.71. The third kappa shape index (κ3) is 4.86. The molecular formula is C38H37NO2. The molecule has 0 amide bonds. The Bertz CT molecular complexity index is 1740. The SMILES string of the molecule is CCC(C)(Oc1ccccc1)c1ccc(OC(C)(CC)c2ccccc2)c(-n2c3ccccc3c3ccccc32)c1. The van der Waals surface area contributed by atoms with Gasteiger partial charge >= 0.3 is 0 Å². The van der Waals surface area contributed by atoms with E-state index < -0.39 is 11.2 Å².